The number of carbonyl (C=O) groups is 1. The van der Waals surface area contributed by atoms with E-state index in [9.17, 15) is 4.79 Å². The largest absolute Gasteiger partial charge is 0.378 e. The van der Waals surface area contributed by atoms with Gasteiger partial charge in [0.05, 0.1) is 12.7 Å². The Labute approximate surface area is 91.6 Å². The Bertz CT molecular complexity index is 208. The van der Waals surface area contributed by atoms with E-state index in [2.05, 4.69) is 5.32 Å². The Balaban J connectivity index is 1.55. The average molecular weight is 211 g/mol. The summed E-state index contributed by atoms with van der Waals surface area (Å²) in [7, 11) is 0. The summed E-state index contributed by atoms with van der Waals surface area (Å²) in [5.74, 6) is 0.803. The van der Waals surface area contributed by atoms with Crippen molar-refractivity contribution in [2.24, 2.45) is 5.92 Å². The predicted octanol–water partition coefficient (Wildman–Crippen LogP) is 1.51. The van der Waals surface area contributed by atoms with Crippen LogP contribution in [0.1, 0.15) is 38.5 Å². The molecule has 1 saturated heterocycles. The molecule has 2 rings (SSSR count). The van der Waals surface area contributed by atoms with E-state index in [1.165, 1.54) is 6.42 Å². The summed E-state index contributed by atoms with van der Waals surface area (Å²) in [6, 6.07) is 0. The molecule has 1 aliphatic carbocycles. The molecule has 0 aromatic heterocycles. The first-order valence-electron chi connectivity index (χ1n) is 6.21. The smallest absolute Gasteiger partial charge is 0.138 e. The fourth-order valence-corrected chi connectivity index (χ4v) is 2.22. The minimum atomic E-state index is 0.377. The van der Waals surface area contributed by atoms with Crippen LogP contribution in [0.4, 0.5) is 0 Å². The van der Waals surface area contributed by atoms with Crippen molar-refractivity contribution in [1.29, 1.82) is 0 Å². The van der Waals surface area contributed by atoms with E-state index in [4.69, 9.17) is 4.74 Å². The Morgan fingerprint density at radius 2 is 1.93 bits per heavy atom. The number of ether oxygens (including phenoxy) is 1. The zero-order chi connectivity index (χ0) is 10.5. The molecular formula is C12H21NO2. The highest BCUT2D eigenvalue weighted by atomic mass is 16.5. The summed E-state index contributed by atoms with van der Waals surface area (Å²) in [6.45, 7) is 2.75. The Kier molecular flexibility index (Phi) is 4.15. The highest BCUT2D eigenvalue weighted by Gasteiger charge is 2.24. The number of piperidine rings is 1. The van der Waals surface area contributed by atoms with Gasteiger partial charge in [-0.1, -0.05) is 6.42 Å². The van der Waals surface area contributed by atoms with Crippen LogP contribution in [-0.2, 0) is 9.53 Å². The molecule has 1 N–H and O–H groups in total. The van der Waals surface area contributed by atoms with Crippen molar-refractivity contribution < 1.29 is 9.53 Å². The number of rotatable bonds is 5. The van der Waals surface area contributed by atoms with Crippen LogP contribution in [0, 0.1) is 5.92 Å². The molecule has 0 aromatic rings. The predicted molar refractivity (Wildman–Crippen MR) is 58.8 cm³/mol. The second-order valence-corrected chi connectivity index (χ2v) is 4.66. The van der Waals surface area contributed by atoms with Crippen molar-refractivity contribution in [1.82, 2.24) is 5.32 Å². The van der Waals surface area contributed by atoms with E-state index in [0.717, 1.165) is 38.8 Å². The van der Waals surface area contributed by atoms with E-state index in [-0.39, 0.29) is 0 Å². The van der Waals surface area contributed by atoms with Gasteiger partial charge >= 0.3 is 0 Å². The maximum atomic E-state index is 11.6. The second-order valence-electron chi connectivity index (χ2n) is 4.66. The normalized spacial score (nSPS) is 23.7. The summed E-state index contributed by atoms with van der Waals surface area (Å²) in [6.07, 6.45) is 6.69. The van der Waals surface area contributed by atoms with Gasteiger partial charge < -0.3 is 10.1 Å². The van der Waals surface area contributed by atoms with E-state index in [1.54, 1.807) is 0 Å². The van der Waals surface area contributed by atoms with Crippen molar-refractivity contribution in [2.75, 3.05) is 19.7 Å². The molecule has 0 unspecified atom stereocenters. The van der Waals surface area contributed by atoms with Gasteiger partial charge in [-0.2, -0.15) is 0 Å². The van der Waals surface area contributed by atoms with Crippen molar-refractivity contribution >= 4 is 5.78 Å². The average Bonchev–Trinajstić information content (AvgIpc) is 2.16. The summed E-state index contributed by atoms with van der Waals surface area (Å²) in [5, 5.41) is 3.30. The van der Waals surface area contributed by atoms with Gasteiger partial charge in [0.15, 0.2) is 0 Å². The highest BCUT2D eigenvalue weighted by molar-refractivity contribution is 5.81. The Morgan fingerprint density at radius 3 is 2.53 bits per heavy atom. The number of hydrogen-bond donors (Lipinski definition) is 1. The van der Waals surface area contributed by atoms with Crippen LogP contribution in [0.15, 0.2) is 0 Å². The number of ketones is 1. The first kappa shape index (κ1) is 11.1. The van der Waals surface area contributed by atoms with Crippen LogP contribution < -0.4 is 5.32 Å². The first-order valence-corrected chi connectivity index (χ1v) is 6.21. The molecular weight excluding hydrogens is 190 g/mol. The third kappa shape index (κ3) is 3.28. The molecule has 0 atom stereocenters. The van der Waals surface area contributed by atoms with E-state index in [1.807, 2.05) is 0 Å². The standard InChI is InChI=1S/C12H21NO2/c14-12(10-2-1-3-10)6-9-15-11-4-7-13-8-5-11/h10-11,13H,1-9H2. The third-order valence-electron chi connectivity index (χ3n) is 3.55. The number of hydrogen-bond acceptors (Lipinski definition) is 3. The fourth-order valence-electron chi connectivity index (χ4n) is 2.22. The molecule has 0 spiro atoms. The van der Waals surface area contributed by atoms with Crippen LogP contribution in [0.2, 0.25) is 0 Å². The van der Waals surface area contributed by atoms with E-state index >= 15 is 0 Å². The zero-order valence-electron chi connectivity index (χ0n) is 9.34. The molecule has 0 radical (unpaired) electrons. The molecule has 3 nitrogen and oxygen atoms in total. The van der Waals surface area contributed by atoms with Crippen molar-refractivity contribution in [3.8, 4) is 0 Å². The van der Waals surface area contributed by atoms with Gasteiger partial charge in [0.2, 0.25) is 0 Å². The molecule has 3 heteroatoms. The summed E-state index contributed by atoms with van der Waals surface area (Å²) >= 11 is 0. The molecule has 2 fully saturated rings. The van der Waals surface area contributed by atoms with Gasteiger partial charge in [0, 0.05) is 12.3 Å². The summed E-state index contributed by atoms with van der Waals surface area (Å²) < 4.78 is 5.71. The molecule has 1 heterocycles. The SMILES string of the molecule is O=C(CCOC1CCNCC1)C1CCC1. The van der Waals surface area contributed by atoms with Gasteiger partial charge in [-0.3, -0.25) is 4.79 Å². The van der Waals surface area contributed by atoms with Gasteiger partial charge in [-0.25, -0.2) is 0 Å². The number of nitrogens with one attached hydrogen (secondary N) is 1. The molecule has 0 bridgehead atoms. The second kappa shape index (κ2) is 5.61. The lowest BCUT2D eigenvalue weighted by molar-refractivity contribution is -0.126. The van der Waals surface area contributed by atoms with Gasteiger partial charge in [-0.05, 0) is 38.8 Å². The van der Waals surface area contributed by atoms with Crippen molar-refractivity contribution in [3.63, 3.8) is 0 Å². The molecule has 0 amide bonds. The van der Waals surface area contributed by atoms with E-state index in [0.29, 0.717) is 30.8 Å². The van der Waals surface area contributed by atoms with Crippen LogP contribution in [0.25, 0.3) is 0 Å². The van der Waals surface area contributed by atoms with Gasteiger partial charge in [0.1, 0.15) is 5.78 Å². The minimum absolute atomic E-state index is 0.377. The van der Waals surface area contributed by atoms with Crippen molar-refractivity contribution in [2.45, 2.75) is 44.6 Å². The monoisotopic (exact) mass is 211 g/mol. The van der Waals surface area contributed by atoms with E-state index < -0.39 is 0 Å². The fraction of sp³-hybridized carbons (Fsp3) is 0.917. The summed E-state index contributed by atoms with van der Waals surface area (Å²) in [5.41, 5.74) is 0. The van der Waals surface area contributed by atoms with Crippen LogP contribution in [-0.4, -0.2) is 31.6 Å². The van der Waals surface area contributed by atoms with Crippen molar-refractivity contribution in [3.05, 3.63) is 0 Å². The lowest BCUT2D eigenvalue weighted by Crippen LogP contribution is -2.33. The highest BCUT2D eigenvalue weighted by Crippen LogP contribution is 2.28. The number of carbonyl (C=O) groups excluding carboxylic acids is 1. The van der Waals surface area contributed by atoms with Gasteiger partial charge in [-0.15, -0.1) is 0 Å². The maximum absolute atomic E-state index is 11.6. The molecule has 86 valence electrons. The minimum Gasteiger partial charge on any atom is -0.378 e. The maximum Gasteiger partial charge on any atom is 0.138 e. The van der Waals surface area contributed by atoms with Crippen LogP contribution in [0.3, 0.4) is 0 Å². The third-order valence-corrected chi connectivity index (χ3v) is 3.55. The summed E-state index contributed by atoms with van der Waals surface area (Å²) in [4.78, 5) is 11.6. The lowest BCUT2D eigenvalue weighted by Gasteiger charge is -2.25. The number of Topliss-reactive ketones (excluding diaryl/α,β-unsaturated/α-hetero) is 1. The topological polar surface area (TPSA) is 38.3 Å². The van der Waals surface area contributed by atoms with Gasteiger partial charge in [0.25, 0.3) is 0 Å². The molecule has 1 saturated carbocycles. The quantitative estimate of drug-likeness (QED) is 0.749. The molecule has 15 heavy (non-hydrogen) atoms. The van der Waals surface area contributed by atoms with Crippen LogP contribution >= 0.6 is 0 Å². The lowest BCUT2D eigenvalue weighted by atomic mass is 9.81. The van der Waals surface area contributed by atoms with Crippen LogP contribution in [0.5, 0.6) is 0 Å². The Hall–Kier alpha value is -0.410. The zero-order valence-corrected chi connectivity index (χ0v) is 9.34. The Morgan fingerprint density at radius 1 is 1.20 bits per heavy atom. The molecule has 0 aromatic carbocycles. The molecule has 1 aliphatic heterocycles. The first-order chi connectivity index (χ1) is 7.36. The molecule has 2 aliphatic rings.